The summed E-state index contributed by atoms with van der Waals surface area (Å²) in [7, 11) is 0. The van der Waals surface area contributed by atoms with E-state index in [0.717, 1.165) is 5.69 Å². The normalized spacial score (nSPS) is 10.8. The van der Waals surface area contributed by atoms with Crippen LogP contribution in [-0.2, 0) is 0 Å². The fourth-order valence-electron chi connectivity index (χ4n) is 1.62. The van der Waals surface area contributed by atoms with Crippen molar-refractivity contribution in [3.63, 3.8) is 0 Å². The van der Waals surface area contributed by atoms with E-state index in [1.54, 1.807) is 29.1 Å². The van der Waals surface area contributed by atoms with Gasteiger partial charge in [0.25, 0.3) is 0 Å². The molecule has 3 aromatic rings. The first-order valence-corrected chi connectivity index (χ1v) is 4.89. The Morgan fingerprint density at radius 2 is 2.00 bits per heavy atom. The largest absolute Gasteiger partial charge is 0.304 e. The molecule has 3 aromatic heterocycles. The maximum Gasteiger partial charge on any atom is 0.173 e. The van der Waals surface area contributed by atoms with Crippen molar-refractivity contribution >= 4 is 5.65 Å². The summed E-state index contributed by atoms with van der Waals surface area (Å²) < 4.78 is 15.1. The Bertz CT molecular complexity index is 631. The van der Waals surface area contributed by atoms with E-state index in [1.165, 1.54) is 6.07 Å². The van der Waals surface area contributed by atoms with Gasteiger partial charge in [-0.3, -0.25) is 4.98 Å². The van der Waals surface area contributed by atoms with Gasteiger partial charge >= 0.3 is 0 Å². The Kier molecular flexibility index (Phi) is 1.93. The second-order valence-corrected chi connectivity index (χ2v) is 3.43. The summed E-state index contributed by atoms with van der Waals surface area (Å²) in [6, 6.07) is 8.60. The van der Waals surface area contributed by atoms with Crippen LogP contribution < -0.4 is 0 Å². The summed E-state index contributed by atoms with van der Waals surface area (Å²) in [5.74, 6) is -0.329. The quantitative estimate of drug-likeness (QED) is 0.621. The lowest BCUT2D eigenvalue weighted by Crippen LogP contribution is -1.85. The number of aromatic nitrogens is 3. The van der Waals surface area contributed by atoms with E-state index in [-0.39, 0.29) is 5.82 Å². The van der Waals surface area contributed by atoms with Gasteiger partial charge in [0, 0.05) is 18.6 Å². The molecule has 0 bridgehead atoms. The van der Waals surface area contributed by atoms with Crippen LogP contribution in [0.5, 0.6) is 0 Å². The van der Waals surface area contributed by atoms with Crippen molar-refractivity contribution in [1.29, 1.82) is 0 Å². The summed E-state index contributed by atoms with van der Waals surface area (Å²) in [5, 5.41) is 0. The minimum atomic E-state index is -0.329. The molecule has 0 spiro atoms. The molecule has 0 N–H and O–H groups in total. The van der Waals surface area contributed by atoms with Crippen molar-refractivity contribution in [1.82, 2.24) is 14.4 Å². The fraction of sp³-hybridized carbons (Fsp3) is 0. The topological polar surface area (TPSA) is 30.2 Å². The molecule has 0 atom stereocenters. The predicted octanol–water partition coefficient (Wildman–Crippen LogP) is 2.54. The van der Waals surface area contributed by atoms with E-state index >= 15 is 0 Å². The van der Waals surface area contributed by atoms with E-state index in [1.807, 2.05) is 18.2 Å². The average Bonchev–Trinajstić information content (AvgIpc) is 2.76. The number of halogens is 1. The fourth-order valence-corrected chi connectivity index (χ4v) is 1.62. The Morgan fingerprint density at radius 3 is 2.75 bits per heavy atom. The molecule has 3 nitrogen and oxygen atoms in total. The van der Waals surface area contributed by atoms with Crippen molar-refractivity contribution in [2.45, 2.75) is 0 Å². The van der Waals surface area contributed by atoms with Crippen molar-refractivity contribution < 1.29 is 4.39 Å². The van der Waals surface area contributed by atoms with Crippen LogP contribution in [0.2, 0.25) is 0 Å². The highest BCUT2D eigenvalue weighted by Gasteiger charge is 2.07. The molecule has 0 saturated carbocycles. The van der Waals surface area contributed by atoms with E-state index in [4.69, 9.17) is 0 Å². The monoisotopic (exact) mass is 213 g/mol. The van der Waals surface area contributed by atoms with Crippen molar-refractivity contribution in [2.24, 2.45) is 0 Å². The third-order valence-electron chi connectivity index (χ3n) is 2.36. The molecule has 78 valence electrons. The van der Waals surface area contributed by atoms with Crippen LogP contribution in [0, 0.1) is 5.82 Å². The highest BCUT2D eigenvalue weighted by atomic mass is 19.1. The van der Waals surface area contributed by atoms with Crippen LogP contribution in [0.15, 0.2) is 48.9 Å². The van der Waals surface area contributed by atoms with Gasteiger partial charge in [0.15, 0.2) is 11.5 Å². The van der Waals surface area contributed by atoms with Gasteiger partial charge in [-0.05, 0) is 24.3 Å². The molecule has 16 heavy (non-hydrogen) atoms. The molecule has 0 aliphatic heterocycles. The molecular formula is C12H8FN3. The van der Waals surface area contributed by atoms with Gasteiger partial charge in [-0.15, -0.1) is 0 Å². The Balaban J connectivity index is 2.23. The summed E-state index contributed by atoms with van der Waals surface area (Å²) in [6.45, 7) is 0. The van der Waals surface area contributed by atoms with Gasteiger partial charge in [-0.25, -0.2) is 9.37 Å². The number of fused-ring (bicyclic) bond motifs is 1. The summed E-state index contributed by atoms with van der Waals surface area (Å²) in [6.07, 6.45) is 5.22. The van der Waals surface area contributed by atoms with E-state index in [9.17, 15) is 4.39 Å². The third kappa shape index (κ3) is 1.35. The highest BCUT2D eigenvalue weighted by molar-refractivity contribution is 5.58. The van der Waals surface area contributed by atoms with E-state index in [0.29, 0.717) is 11.3 Å². The van der Waals surface area contributed by atoms with Crippen LogP contribution >= 0.6 is 0 Å². The molecule has 4 heteroatoms. The zero-order chi connectivity index (χ0) is 11.0. The van der Waals surface area contributed by atoms with Crippen molar-refractivity contribution in [2.75, 3.05) is 0 Å². The molecule has 0 radical (unpaired) electrons. The van der Waals surface area contributed by atoms with Gasteiger partial charge in [0.2, 0.25) is 0 Å². The van der Waals surface area contributed by atoms with Crippen molar-refractivity contribution in [3.8, 4) is 11.4 Å². The zero-order valence-electron chi connectivity index (χ0n) is 8.34. The molecule has 0 aliphatic carbocycles. The Morgan fingerprint density at radius 1 is 1.06 bits per heavy atom. The molecule has 3 heterocycles. The van der Waals surface area contributed by atoms with Gasteiger partial charge < -0.3 is 4.40 Å². The number of nitrogens with zero attached hydrogens (tertiary/aromatic N) is 3. The molecular weight excluding hydrogens is 205 g/mol. The van der Waals surface area contributed by atoms with Crippen LogP contribution in [0.3, 0.4) is 0 Å². The minimum absolute atomic E-state index is 0.322. The average molecular weight is 213 g/mol. The number of hydrogen-bond acceptors (Lipinski definition) is 2. The molecule has 0 fully saturated rings. The second-order valence-electron chi connectivity index (χ2n) is 3.43. The lowest BCUT2D eigenvalue weighted by atomic mass is 10.3. The van der Waals surface area contributed by atoms with E-state index < -0.39 is 0 Å². The van der Waals surface area contributed by atoms with Gasteiger partial charge in [0.05, 0.1) is 5.69 Å². The molecule has 0 unspecified atom stereocenters. The number of pyridine rings is 2. The number of imidazole rings is 1. The van der Waals surface area contributed by atoms with Crippen LogP contribution in [0.1, 0.15) is 0 Å². The zero-order valence-corrected chi connectivity index (χ0v) is 8.34. The molecule has 0 amide bonds. The smallest absolute Gasteiger partial charge is 0.173 e. The lowest BCUT2D eigenvalue weighted by Gasteiger charge is -1.91. The molecule has 3 rings (SSSR count). The first-order chi connectivity index (χ1) is 7.84. The maximum absolute atomic E-state index is 13.4. The Labute approximate surface area is 91.2 Å². The van der Waals surface area contributed by atoms with Gasteiger partial charge in [-0.1, -0.05) is 6.07 Å². The number of hydrogen-bond donors (Lipinski definition) is 0. The first-order valence-electron chi connectivity index (χ1n) is 4.89. The third-order valence-corrected chi connectivity index (χ3v) is 2.36. The Hall–Kier alpha value is -2.23. The predicted molar refractivity (Wildman–Crippen MR) is 58.4 cm³/mol. The van der Waals surface area contributed by atoms with Crippen LogP contribution in [-0.4, -0.2) is 14.4 Å². The lowest BCUT2D eigenvalue weighted by molar-refractivity contribution is 0.630. The van der Waals surface area contributed by atoms with E-state index in [2.05, 4.69) is 9.97 Å². The first kappa shape index (κ1) is 9.03. The molecule has 0 aromatic carbocycles. The molecule has 0 aliphatic rings. The summed E-state index contributed by atoms with van der Waals surface area (Å²) in [5.41, 5.74) is 1.74. The van der Waals surface area contributed by atoms with Crippen LogP contribution in [0.4, 0.5) is 4.39 Å². The highest BCUT2D eigenvalue weighted by Crippen LogP contribution is 2.17. The van der Waals surface area contributed by atoms with Gasteiger partial charge in [-0.2, -0.15) is 0 Å². The minimum Gasteiger partial charge on any atom is -0.304 e. The van der Waals surface area contributed by atoms with Crippen LogP contribution in [0.25, 0.3) is 17.0 Å². The maximum atomic E-state index is 13.4. The summed E-state index contributed by atoms with van der Waals surface area (Å²) >= 11 is 0. The molecule has 0 saturated heterocycles. The summed E-state index contributed by atoms with van der Waals surface area (Å²) in [4.78, 5) is 8.38. The SMILES string of the molecule is Fc1cccn2cc(-c3ccccn3)nc12. The van der Waals surface area contributed by atoms with Gasteiger partial charge in [0.1, 0.15) is 5.69 Å². The standard InChI is InChI=1S/C12H8FN3/c13-9-4-3-7-16-8-11(15-12(9)16)10-5-1-2-6-14-10/h1-8H. The second kappa shape index (κ2) is 3.41. The number of rotatable bonds is 1. The van der Waals surface area contributed by atoms with Crippen molar-refractivity contribution in [3.05, 3.63) is 54.7 Å².